The Bertz CT molecular complexity index is 872. The third-order valence-corrected chi connectivity index (χ3v) is 4.47. The maximum absolute atomic E-state index is 12.2. The van der Waals surface area contributed by atoms with Gasteiger partial charge in [-0.05, 0) is 18.8 Å². The number of rotatable bonds is 3. The van der Waals surface area contributed by atoms with E-state index in [2.05, 4.69) is 15.0 Å². The van der Waals surface area contributed by atoms with Gasteiger partial charge in [0, 0.05) is 12.5 Å². The SMILES string of the molecule is CC(C)Cn1c(=O)[nH]c(=O)c2c(=S)nc(C3CCCC3)[nH]c21. The lowest BCUT2D eigenvalue weighted by atomic mass is 10.1. The van der Waals surface area contributed by atoms with Crippen molar-refractivity contribution in [2.45, 2.75) is 52.0 Å². The van der Waals surface area contributed by atoms with Crippen molar-refractivity contribution in [3.05, 3.63) is 31.3 Å². The van der Waals surface area contributed by atoms with Gasteiger partial charge in [0.05, 0.1) is 0 Å². The van der Waals surface area contributed by atoms with E-state index in [1.807, 2.05) is 13.8 Å². The van der Waals surface area contributed by atoms with E-state index >= 15 is 0 Å². The topological polar surface area (TPSA) is 83.5 Å². The highest BCUT2D eigenvalue weighted by molar-refractivity contribution is 7.71. The van der Waals surface area contributed by atoms with Crippen LogP contribution in [-0.4, -0.2) is 19.5 Å². The lowest BCUT2D eigenvalue weighted by Gasteiger charge is -2.14. The van der Waals surface area contributed by atoms with Crippen molar-refractivity contribution in [1.29, 1.82) is 0 Å². The van der Waals surface area contributed by atoms with E-state index in [1.165, 1.54) is 12.8 Å². The second-order valence-electron chi connectivity index (χ2n) is 6.40. The smallest absolute Gasteiger partial charge is 0.329 e. The molecule has 22 heavy (non-hydrogen) atoms. The summed E-state index contributed by atoms with van der Waals surface area (Å²) in [5, 5.41) is 0.303. The molecule has 1 fully saturated rings. The normalized spacial score (nSPS) is 16.0. The van der Waals surface area contributed by atoms with Crippen LogP contribution in [0.2, 0.25) is 0 Å². The molecule has 0 saturated heterocycles. The predicted octanol–water partition coefficient (Wildman–Crippen LogP) is 2.46. The maximum atomic E-state index is 12.2. The standard InChI is InChI=1S/C15H20N4O2S/c1-8(2)7-19-12-10(13(20)18-15(19)21)14(22)17-11(16-12)9-5-3-4-6-9/h8-9H,3-7H2,1-2H3,(H,16,17,22)(H,18,20,21). The zero-order chi connectivity index (χ0) is 15.9. The molecule has 6 nitrogen and oxygen atoms in total. The molecular formula is C15H20N4O2S. The molecule has 0 spiro atoms. The van der Waals surface area contributed by atoms with Gasteiger partial charge in [-0.2, -0.15) is 0 Å². The lowest BCUT2D eigenvalue weighted by Crippen LogP contribution is -2.32. The molecule has 2 aromatic heterocycles. The van der Waals surface area contributed by atoms with Crippen LogP contribution in [0, 0.1) is 10.6 Å². The Kier molecular flexibility index (Phi) is 3.99. The minimum Gasteiger partial charge on any atom is -0.329 e. The summed E-state index contributed by atoms with van der Waals surface area (Å²) in [7, 11) is 0. The Hall–Kier alpha value is -1.76. The van der Waals surface area contributed by atoms with Crippen LogP contribution < -0.4 is 11.2 Å². The number of hydrogen-bond acceptors (Lipinski definition) is 4. The van der Waals surface area contributed by atoms with E-state index in [0.717, 1.165) is 18.7 Å². The average molecular weight is 320 g/mol. The first-order valence-electron chi connectivity index (χ1n) is 7.74. The highest BCUT2D eigenvalue weighted by atomic mass is 32.1. The fraction of sp³-hybridized carbons (Fsp3) is 0.600. The number of nitrogens with one attached hydrogen (secondary N) is 2. The van der Waals surface area contributed by atoms with Crippen molar-refractivity contribution in [3.8, 4) is 0 Å². The number of hydrogen-bond donors (Lipinski definition) is 2. The maximum Gasteiger partial charge on any atom is 0.329 e. The van der Waals surface area contributed by atoms with E-state index in [0.29, 0.717) is 23.5 Å². The first-order valence-corrected chi connectivity index (χ1v) is 8.15. The minimum absolute atomic E-state index is 0.273. The molecule has 0 amide bonds. The summed E-state index contributed by atoms with van der Waals surface area (Å²) in [5.41, 5.74) is -0.364. The van der Waals surface area contributed by atoms with Crippen LogP contribution in [0.15, 0.2) is 9.59 Å². The molecule has 7 heteroatoms. The molecular weight excluding hydrogens is 300 g/mol. The number of aromatic amines is 2. The molecule has 0 aliphatic heterocycles. The highest BCUT2D eigenvalue weighted by Crippen LogP contribution is 2.32. The van der Waals surface area contributed by atoms with Crippen molar-refractivity contribution < 1.29 is 0 Å². The second-order valence-corrected chi connectivity index (χ2v) is 6.78. The molecule has 2 N–H and O–H groups in total. The van der Waals surface area contributed by atoms with Crippen molar-refractivity contribution in [2.24, 2.45) is 5.92 Å². The van der Waals surface area contributed by atoms with E-state index in [4.69, 9.17) is 12.2 Å². The Balaban J connectivity index is 2.31. The van der Waals surface area contributed by atoms with Crippen LogP contribution in [0.3, 0.4) is 0 Å². The fourth-order valence-corrected chi connectivity index (χ4v) is 3.43. The van der Waals surface area contributed by atoms with Gasteiger partial charge in [0.25, 0.3) is 5.56 Å². The number of nitrogens with zero attached hydrogens (tertiary/aromatic N) is 2. The Labute approximate surface area is 132 Å². The minimum atomic E-state index is -0.466. The fourth-order valence-electron chi connectivity index (χ4n) is 3.15. The van der Waals surface area contributed by atoms with Crippen LogP contribution >= 0.6 is 12.2 Å². The van der Waals surface area contributed by atoms with Crippen LogP contribution in [0.5, 0.6) is 0 Å². The Morgan fingerprint density at radius 3 is 2.59 bits per heavy atom. The van der Waals surface area contributed by atoms with Gasteiger partial charge in [0.1, 0.15) is 21.5 Å². The molecule has 0 radical (unpaired) electrons. The van der Waals surface area contributed by atoms with Crippen molar-refractivity contribution in [2.75, 3.05) is 0 Å². The van der Waals surface area contributed by atoms with Gasteiger partial charge in [-0.1, -0.05) is 38.9 Å². The quantitative estimate of drug-likeness (QED) is 0.851. The number of aromatic nitrogens is 4. The summed E-state index contributed by atoms with van der Waals surface area (Å²) in [4.78, 5) is 34.3. The predicted molar refractivity (Wildman–Crippen MR) is 87.9 cm³/mol. The van der Waals surface area contributed by atoms with Gasteiger partial charge in [-0.3, -0.25) is 14.3 Å². The molecule has 1 aliphatic rings. The van der Waals surface area contributed by atoms with Crippen molar-refractivity contribution >= 4 is 23.3 Å². The van der Waals surface area contributed by atoms with E-state index in [1.54, 1.807) is 4.57 Å². The number of H-pyrrole nitrogens is 2. The average Bonchev–Trinajstić information content (AvgIpc) is 2.96. The molecule has 118 valence electrons. The molecule has 1 saturated carbocycles. The van der Waals surface area contributed by atoms with Gasteiger partial charge in [-0.25, -0.2) is 9.78 Å². The summed E-state index contributed by atoms with van der Waals surface area (Å²) in [6.45, 7) is 4.57. The van der Waals surface area contributed by atoms with Crippen LogP contribution in [0.1, 0.15) is 51.3 Å². The molecule has 0 aromatic carbocycles. The van der Waals surface area contributed by atoms with Gasteiger partial charge in [0.15, 0.2) is 0 Å². The van der Waals surface area contributed by atoms with Crippen molar-refractivity contribution in [3.63, 3.8) is 0 Å². The summed E-state index contributed by atoms with van der Waals surface area (Å²) in [5.74, 6) is 1.42. The van der Waals surface area contributed by atoms with E-state index in [9.17, 15) is 9.59 Å². The van der Waals surface area contributed by atoms with Crippen LogP contribution in [0.25, 0.3) is 11.0 Å². The molecule has 2 aromatic rings. The van der Waals surface area contributed by atoms with Gasteiger partial charge in [0.2, 0.25) is 0 Å². The van der Waals surface area contributed by atoms with Gasteiger partial charge in [-0.15, -0.1) is 0 Å². The Morgan fingerprint density at radius 2 is 1.95 bits per heavy atom. The number of fused-ring (bicyclic) bond motifs is 1. The van der Waals surface area contributed by atoms with Crippen molar-refractivity contribution in [1.82, 2.24) is 19.5 Å². The lowest BCUT2D eigenvalue weighted by molar-refractivity contribution is 0.511. The molecule has 0 bridgehead atoms. The van der Waals surface area contributed by atoms with Gasteiger partial charge < -0.3 is 4.98 Å². The monoisotopic (exact) mass is 320 g/mol. The summed E-state index contributed by atoms with van der Waals surface area (Å²) >= 11 is 5.31. The summed E-state index contributed by atoms with van der Waals surface area (Å²) < 4.78 is 1.84. The molecule has 0 unspecified atom stereocenters. The third-order valence-electron chi connectivity index (χ3n) is 4.17. The second kappa shape index (κ2) is 5.79. The zero-order valence-corrected chi connectivity index (χ0v) is 13.6. The van der Waals surface area contributed by atoms with Crippen LogP contribution in [-0.2, 0) is 6.54 Å². The summed E-state index contributed by atoms with van der Waals surface area (Å²) in [6.07, 6.45) is 4.50. The summed E-state index contributed by atoms with van der Waals surface area (Å²) in [6, 6.07) is 0. The molecule has 3 rings (SSSR count). The third kappa shape index (κ3) is 2.65. The van der Waals surface area contributed by atoms with Crippen LogP contribution in [0.4, 0.5) is 0 Å². The zero-order valence-electron chi connectivity index (χ0n) is 12.8. The molecule has 1 aliphatic carbocycles. The largest absolute Gasteiger partial charge is 0.329 e. The first kappa shape index (κ1) is 15.1. The van der Waals surface area contributed by atoms with E-state index in [-0.39, 0.29) is 10.6 Å². The molecule has 2 heterocycles. The highest BCUT2D eigenvalue weighted by Gasteiger charge is 2.21. The van der Waals surface area contributed by atoms with E-state index < -0.39 is 11.2 Å². The Morgan fingerprint density at radius 1 is 1.27 bits per heavy atom. The van der Waals surface area contributed by atoms with Gasteiger partial charge >= 0.3 is 5.69 Å². The molecule has 0 atom stereocenters. The first-order chi connectivity index (χ1) is 10.5.